The molecule has 0 radical (unpaired) electrons. The number of carbonyl (C=O) groups is 2. The van der Waals surface area contributed by atoms with Crippen LogP contribution < -0.4 is 5.32 Å². The maximum absolute atomic E-state index is 12.3. The molecule has 0 aliphatic heterocycles. The Morgan fingerprint density at radius 2 is 1.40 bits per heavy atom. The van der Waals surface area contributed by atoms with Crippen LogP contribution >= 0.6 is 0 Å². The van der Waals surface area contributed by atoms with E-state index in [2.05, 4.69) is 17.2 Å². The van der Waals surface area contributed by atoms with E-state index >= 15 is 0 Å². The highest BCUT2D eigenvalue weighted by Crippen LogP contribution is 2.19. The molecule has 0 unspecified atom stereocenters. The van der Waals surface area contributed by atoms with Gasteiger partial charge in [0, 0.05) is 16.8 Å². The normalized spacial score (nSPS) is 10.5. The second-order valence-corrected chi connectivity index (χ2v) is 7.73. The Morgan fingerprint density at radius 3 is 2.00 bits per heavy atom. The van der Waals surface area contributed by atoms with Crippen LogP contribution in [0.4, 0.5) is 10.5 Å². The van der Waals surface area contributed by atoms with Crippen molar-refractivity contribution in [1.29, 1.82) is 0 Å². The molecule has 0 saturated carbocycles. The average molecular weight is 397 g/mol. The molecule has 0 bridgehead atoms. The molecule has 0 heterocycles. The SMILES string of the molecule is CC(C)(C)OC(=O)Nc1ccc(C(=O)C#Cc2ccc(-c3ccccc3)cc2)cc1. The van der Waals surface area contributed by atoms with Gasteiger partial charge in [0.05, 0.1) is 0 Å². The first kappa shape index (κ1) is 20.9. The van der Waals surface area contributed by atoms with Gasteiger partial charge in [-0.25, -0.2) is 4.79 Å². The van der Waals surface area contributed by atoms with Gasteiger partial charge in [0.1, 0.15) is 5.60 Å². The number of amides is 1. The molecule has 4 nitrogen and oxygen atoms in total. The largest absolute Gasteiger partial charge is 0.444 e. The highest BCUT2D eigenvalue weighted by atomic mass is 16.6. The predicted octanol–water partition coefficient (Wildman–Crippen LogP) is 5.94. The van der Waals surface area contributed by atoms with Crippen molar-refractivity contribution in [3.8, 4) is 23.0 Å². The van der Waals surface area contributed by atoms with Gasteiger partial charge in [-0.15, -0.1) is 0 Å². The van der Waals surface area contributed by atoms with Gasteiger partial charge in [-0.3, -0.25) is 10.1 Å². The molecule has 0 aliphatic rings. The third-order valence-electron chi connectivity index (χ3n) is 4.10. The summed E-state index contributed by atoms with van der Waals surface area (Å²) in [5.41, 5.74) is 3.43. The zero-order valence-corrected chi connectivity index (χ0v) is 17.2. The van der Waals surface area contributed by atoms with Crippen molar-refractivity contribution < 1.29 is 14.3 Å². The lowest BCUT2D eigenvalue weighted by Gasteiger charge is -2.19. The zero-order valence-electron chi connectivity index (χ0n) is 17.2. The summed E-state index contributed by atoms with van der Waals surface area (Å²) < 4.78 is 5.20. The molecule has 0 aromatic heterocycles. The van der Waals surface area contributed by atoms with Crippen molar-refractivity contribution in [2.45, 2.75) is 26.4 Å². The molecule has 0 fully saturated rings. The maximum Gasteiger partial charge on any atom is 0.412 e. The molecule has 0 aliphatic carbocycles. The minimum atomic E-state index is -0.575. The number of ether oxygens (including phenoxy) is 1. The maximum atomic E-state index is 12.3. The Labute approximate surface area is 176 Å². The number of rotatable bonds is 3. The van der Waals surface area contributed by atoms with Crippen molar-refractivity contribution in [2.75, 3.05) is 5.32 Å². The number of nitrogens with one attached hydrogen (secondary N) is 1. The van der Waals surface area contributed by atoms with Crippen molar-refractivity contribution in [3.63, 3.8) is 0 Å². The first-order valence-electron chi connectivity index (χ1n) is 9.62. The van der Waals surface area contributed by atoms with E-state index in [0.29, 0.717) is 11.3 Å². The van der Waals surface area contributed by atoms with Gasteiger partial charge < -0.3 is 4.74 Å². The third-order valence-corrected chi connectivity index (χ3v) is 4.10. The van der Waals surface area contributed by atoms with Gasteiger partial charge in [0.15, 0.2) is 0 Å². The molecule has 3 rings (SSSR count). The summed E-state index contributed by atoms with van der Waals surface area (Å²) in [6.07, 6.45) is -0.541. The zero-order chi connectivity index (χ0) is 21.6. The molecule has 0 atom stereocenters. The van der Waals surface area contributed by atoms with Crippen molar-refractivity contribution in [1.82, 2.24) is 0 Å². The first-order valence-corrected chi connectivity index (χ1v) is 9.62. The minimum Gasteiger partial charge on any atom is -0.444 e. The lowest BCUT2D eigenvalue weighted by Crippen LogP contribution is -2.27. The molecule has 3 aromatic rings. The summed E-state index contributed by atoms with van der Waals surface area (Å²) >= 11 is 0. The molecule has 150 valence electrons. The van der Waals surface area contributed by atoms with Crippen LogP contribution in [0.3, 0.4) is 0 Å². The summed E-state index contributed by atoms with van der Waals surface area (Å²) in [6.45, 7) is 5.38. The van der Waals surface area contributed by atoms with Crippen LogP contribution in [-0.2, 0) is 4.74 Å². The van der Waals surface area contributed by atoms with Gasteiger partial charge >= 0.3 is 6.09 Å². The number of anilines is 1. The summed E-state index contributed by atoms with van der Waals surface area (Å²) in [6, 6.07) is 24.4. The van der Waals surface area contributed by atoms with E-state index in [1.54, 1.807) is 45.0 Å². The van der Waals surface area contributed by atoms with Crippen molar-refractivity contribution in [3.05, 3.63) is 90.0 Å². The van der Waals surface area contributed by atoms with E-state index in [4.69, 9.17) is 4.74 Å². The van der Waals surface area contributed by atoms with Crippen LogP contribution in [0.15, 0.2) is 78.9 Å². The van der Waals surface area contributed by atoms with E-state index in [9.17, 15) is 9.59 Å². The monoisotopic (exact) mass is 397 g/mol. The van der Waals surface area contributed by atoms with E-state index in [1.807, 2.05) is 54.6 Å². The van der Waals surface area contributed by atoms with Crippen LogP contribution in [0.5, 0.6) is 0 Å². The standard InChI is InChI=1S/C26H23NO3/c1-26(2,3)30-25(29)27-23-16-14-22(15-17-23)24(28)18-11-19-9-12-21(13-10-19)20-7-5-4-6-8-20/h4-10,12-17H,1-3H3,(H,27,29). The second-order valence-electron chi connectivity index (χ2n) is 7.73. The van der Waals surface area contributed by atoms with Crippen molar-refractivity contribution in [2.24, 2.45) is 0 Å². The summed E-state index contributed by atoms with van der Waals surface area (Å²) in [7, 11) is 0. The topological polar surface area (TPSA) is 55.4 Å². The quantitative estimate of drug-likeness (QED) is 0.440. The van der Waals surface area contributed by atoms with Crippen LogP contribution in [0.1, 0.15) is 36.7 Å². The Morgan fingerprint density at radius 1 is 0.800 bits per heavy atom. The van der Waals surface area contributed by atoms with Gasteiger partial charge in [-0.1, -0.05) is 48.4 Å². The van der Waals surface area contributed by atoms with Gasteiger partial charge in [0.25, 0.3) is 0 Å². The number of benzene rings is 3. The smallest absolute Gasteiger partial charge is 0.412 e. The molecule has 0 spiro atoms. The van der Waals surface area contributed by atoms with E-state index in [1.165, 1.54) is 0 Å². The molecule has 1 N–H and O–H groups in total. The molecule has 3 aromatic carbocycles. The Kier molecular flexibility index (Phi) is 6.34. The van der Waals surface area contributed by atoms with E-state index in [0.717, 1.165) is 16.7 Å². The molecule has 4 heteroatoms. The Bertz CT molecular complexity index is 1080. The average Bonchev–Trinajstić information content (AvgIpc) is 2.72. The van der Waals surface area contributed by atoms with Crippen LogP contribution in [0, 0.1) is 11.8 Å². The number of Topliss-reactive ketones (excluding diaryl/α,β-unsaturated/α-hetero) is 1. The molecule has 30 heavy (non-hydrogen) atoms. The van der Waals surface area contributed by atoms with Gasteiger partial charge in [-0.2, -0.15) is 0 Å². The fourth-order valence-electron chi connectivity index (χ4n) is 2.70. The van der Waals surface area contributed by atoms with Gasteiger partial charge in [0.2, 0.25) is 5.78 Å². The lowest BCUT2D eigenvalue weighted by atomic mass is 10.0. The molecule has 0 saturated heterocycles. The first-order chi connectivity index (χ1) is 14.3. The number of carbonyl (C=O) groups excluding carboxylic acids is 2. The predicted molar refractivity (Wildman–Crippen MR) is 119 cm³/mol. The summed E-state index contributed by atoms with van der Waals surface area (Å²) in [5.74, 6) is 5.28. The molecule has 1 amide bonds. The minimum absolute atomic E-state index is 0.286. The van der Waals surface area contributed by atoms with E-state index in [-0.39, 0.29) is 5.78 Å². The van der Waals surface area contributed by atoms with Crippen LogP contribution in [0.25, 0.3) is 11.1 Å². The second kappa shape index (κ2) is 9.11. The van der Waals surface area contributed by atoms with Crippen LogP contribution in [0.2, 0.25) is 0 Å². The highest BCUT2D eigenvalue weighted by Gasteiger charge is 2.16. The Hall–Kier alpha value is -3.84. The fourth-order valence-corrected chi connectivity index (χ4v) is 2.70. The highest BCUT2D eigenvalue weighted by molar-refractivity contribution is 6.09. The number of ketones is 1. The van der Waals surface area contributed by atoms with Gasteiger partial charge in [-0.05, 0) is 74.2 Å². The van der Waals surface area contributed by atoms with Crippen LogP contribution in [-0.4, -0.2) is 17.5 Å². The summed E-state index contributed by atoms with van der Waals surface area (Å²) in [4.78, 5) is 24.1. The third kappa shape index (κ3) is 6.08. The summed E-state index contributed by atoms with van der Waals surface area (Å²) in [5, 5.41) is 2.63. The number of hydrogen-bond donors (Lipinski definition) is 1. The van der Waals surface area contributed by atoms with E-state index < -0.39 is 11.7 Å². The number of hydrogen-bond acceptors (Lipinski definition) is 3. The lowest BCUT2D eigenvalue weighted by molar-refractivity contribution is 0.0636. The Balaban J connectivity index is 1.63. The molecular formula is C26H23NO3. The molecular weight excluding hydrogens is 374 g/mol. The van der Waals surface area contributed by atoms with Crippen molar-refractivity contribution >= 4 is 17.6 Å². The fraction of sp³-hybridized carbons (Fsp3) is 0.154.